The zero-order valence-electron chi connectivity index (χ0n) is 13.3. The van der Waals surface area contributed by atoms with Gasteiger partial charge in [0.05, 0.1) is 4.90 Å². The number of benzene rings is 1. The Labute approximate surface area is 142 Å². The highest BCUT2D eigenvalue weighted by molar-refractivity contribution is 7.92. The maximum atomic E-state index is 12.9. The summed E-state index contributed by atoms with van der Waals surface area (Å²) in [6.45, 7) is 3.61. The van der Waals surface area contributed by atoms with Crippen molar-refractivity contribution in [3.8, 4) is 5.75 Å². The van der Waals surface area contributed by atoms with Crippen molar-refractivity contribution >= 4 is 15.4 Å². The van der Waals surface area contributed by atoms with Gasteiger partial charge in [-0.2, -0.15) is 13.2 Å². The third kappa shape index (κ3) is 3.13. The van der Waals surface area contributed by atoms with Crippen LogP contribution in [0.4, 0.5) is 13.2 Å². The molecule has 3 rings (SSSR count). The number of fused-ring (bicyclic) bond motifs is 1. The van der Waals surface area contributed by atoms with Gasteiger partial charge >= 0.3 is 5.51 Å². The van der Waals surface area contributed by atoms with E-state index in [4.69, 9.17) is 4.74 Å². The van der Waals surface area contributed by atoms with Crippen LogP contribution in [0.25, 0.3) is 5.57 Å². The number of hydrogen-bond acceptors (Lipinski definition) is 4. The van der Waals surface area contributed by atoms with Gasteiger partial charge in [0.2, 0.25) is 0 Å². The van der Waals surface area contributed by atoms with E-state index >= 15 is 0 Å². The number of ether oxygens (including phenoxy) is 1. The van der Waals surface area contributed by atoms with Crippen LogP contribution in [0.5, 0.6) is 5.75 Å². The van der Waals surface area contributed by atoms with Crippen LogP contribution in [0, 0.1) is 0 Å². The molecule has 0 aliphatic carbocycles. The van der Waals surface area contributed by atoms with Crippen LogP contribution in [0.3, 0.4) is 0 Å². The maximum Gasteiger partial charge on any atom is 0.501 e. The monoisotopic (exact) mass is 369 g/mol. The van der Waals surface area contributed by atoms with Crippen molar-refractivity contribution in [2.45, 2.75) is 29.9 Å². The predicted octanol–water partition coefficient (Wildman–Crippen LogP) is 3.98. The molecule has 132 valence electrons. The molecule has 0 saturated heterocycles. The lowest BCUT2D eigenvalue weighted by Crippen LogP contribution is -2.29. The molecule has 0 N–H and O–H groups in total. The van der Waals surface area contributed by atoms with E-state index in [9.17, 15) is 21.6 Å². The minimum absolute atomic E-state index is 0.288. The molecule has 8 heteroatoms. The summed E-state index contributed by atoms with van der Waals surface area (Å²) in [4.78, 5) is 3.10. The molecular formula is C17H14F3NO3S. The molecule has 0 saturated carbocycles. The first kappa shape index (κ1) is 17.5. The van der Waals surface area contributed by atoms with Gasteiger partial charge in [-0.15, -0.1) is 0 Å². The maximum absolute atomic E-state index is 12.9. The number of sulfone groups is 1. The van der Waals surface area contributed by atoms with Crippen molar-refractivity contribution in [1.29, 1.82) is 0 Å². The second-order valence-electron chi connectivity index (χ2n) is 6.11. The molecule has 0 spiro atoms. The van der Waals surface area contributed by atoms with Crippen LogP contribution in [-0.2, 0) is 9.84 Å². The largest absolute Gasteiger partial charge is 0.501 e. The lowest BCUT2D eigenvalue weighted by molar-refractivity contribution is -0.0436. The smallest absolute Gasteiger partial charge is 0.483 e. The summed E-state index contributed by atoms with van der Waals surface area (Å²) in [7, 11) is -5.44. The first-order valence-corrected chi connectivity index (χ1v) is 8.78. The quantitative estimate of drug-likeness (QED) is 0.804. The fraction of sp³-hybridized carbons (Fsp3) is 0.235. The van der Waals surface area contributed by atoms with E-state index in [1.165, 1.54) is 6.07 Å². The summed E-state index contributed by atoms with van der Waals surface area (Å²) in [6.07, 6.45) is 4.85. The van der Waals surface area contributed by atoms with Gasteiger partial charge < -0.3 is 4.74 Å². The van der Waals surface area contributed by atoms with E-state index in [-0.39, 0.29) is 5.56 Å². The Morgan fingerprint density at radius 3 is 2.32 bits per heavy atom. The zero-order valence-corrected chi connectivity index (χ0v) is 14.1. The van der Waals surface area contributed by atoms with Crippen LogP contribution in [0.15, 0.2) is 53.7 Å². The van der Waals surface area contributed by atoms with E-state index in [0.717, 1.165) is 12.1 Å². The van der Waals surface area contributed by atoms with Gasteiger partial charge in [0.15, 0.2) is 0 Å². The Kier molecular flexibility index (Phi) is 3.90. The Morgan fingerprint density at radius 2 is 1.72 bits per heavy atom. The second kappa shape index (κ2) is 5.59. The molecule has 1 aliphatic rings. The van der Waals surface area contributed by atoms with E-state index in [2.05, 4.69) is 4.98 Å². The molecular weight excluding hydrogens is 355 g/mol. The highest BCUT2D eigenvalue weighted by atomic mass is 32.2. The van der Waals surface area contributed by atoms with Crippen LogP contribution < -0.4 is 4.74 Å². The second-order valence-corrected chi connectivity index (χ2v) is 8.05. The predicted molar refractivity (Wildman–Crippen MR) is 85.7 cm³/mol. The molecule has 0 amide bonds. The highest BCUT2D eigenvalue weighted by Crippen LogP contribution is 2.41. The Balaban J connectivity index is 2.22. The van der Waals surface area contributed by atoms with Gasteiger partial charge in [0.25, 0.3) is 9.84 Å². The number of aromatic nitrogens is 1. The van der Waals surface area contributed by atoms with Gasteiger partial charge in [-0.25, -0.2) is 8.42 Å². The summed E-state index contributed by atoms with van der Waals surface area (Å²) >= 11 is 0. The van der Waals surface area contributed by atoms with E-state index in [0.29, 0.717) is 16.9 Å². The fourth-order valence-electron chi connectivity index (χ4n) is 2.62. The minimum Gasteiger partial charge on any atom is -0.483 e. The molecule has 0 unspecified atom stereocenters. The van der Waals surface area contributed by atoms with Gasteiger partial charge in [-0.1, -0.05) is 0 Å². The van der Waals surface area contributed by atoms with Gasteiger partial charge in [-0.05, 0) is 61.4 Å². The zero-order chi connectivity index (χ0) is 18.5. The number of nitrogens with zero attached hydrogens (tertiary/aromatic N) is 1. The van der Waals surface area contributed by atoms with Crippen molar-refractivity contribution < 1.29 is 26.3 Å². The van der Waals surface area contributed by atoms with Gasteiger partial charge in [0, 0.05) is 18.0 Å². The highest BCUT2D eigenvalue weighted by Gasteiger charge is 2.47. The van der Waals surface area contributed by atoms with Crippen LogP contribution in [-0.4, -0.2) is 24.5 Å². The number of pyridine rings is 1. The fourth-order valence-corrected chi connectivity index (χ4v) is 3.41. The third-order valence-electron chi connectivity index (χ3n) is 3.71. The lowest BCUT2D eigenvalue weighted by atomic mass is 9.90. The average Bonchev–Trinajstić information content (AvgIpc) is 2.52. The van der Waals surface area contributed by atoms with Crippen LogP contribution in [0.1, 0.15) is 25.0 Å². The summed E-state index contributed by atoms with van der Waals surface area (Å²) in [5.41, 5.74) is -4.48. The molecule has 25 heavy (non-hydrogen) atoms. The molecule has 2 heterocycles. The first-order chi connectivity index (χ1) is 11.5. The van der Waals surface area contributed by atoms with Crippen molar-refractivity contribution in [2.75, 3.05) is 0 Å². The summed E-state index contributed by atoms with van der Waals surface area (Å²) < 4.78 is 67.7. The molecule has 1 aromatic carbocycles. The van der Waals surface area contributed by atoms with E-state index in [1.807, 2.05) is 0 Å². The SMILES string of the molecule is CC1(C)C=C(c2ccncc2)c2cc(S(=O)(=O)C(F)(F)F)ccc2O1. The van der Waals surface area contributed by atoms with Crippen molar-refractivity contribution in [3.63, 3.8) is 0 Å². The molecule has 0 radical (unpaired) electrons. The third-order valence-corrected chi connectivity index (χ3v) is 5.20. The van der Waals surface area contributed by atoms with Crippen molar-refractivity contribution in [3.05, 3.63) is 59.9 Å². The average molecular weight is 369 g/mol. The van der Waals surface area contributed by atoms with Crippen molar-refractivity contribution in [1.82, 2.24) is 4.98 Å². The normalized spacial score (nSPS) is 16.6. The standard InChI is InChI=1S/C17H14F3NO3S/c1-16(2)10-14(11-5-7-21-8-6-11)13-9-12(3-4-15(13)24-16)25(22,23)17(18,19)20/h3-10H,1-2H3. The Hall–Kier alpha value is -2.35. The summed E-state index contributed by atoms with van der Waals surface area (Å²) in [5.74, 6) is 0.320. The molecule has 2 aromatic rings. The van der Waals surface area contributed by atoms with Gasteiger partial charge in [0.1, 0.15) is 11.4 Å². The Morgan fingerprint density at radius 1 is 1.08 bits per heavy atom. The summed E-state index contributed by atoms with van der Waals surface area (Å²) in [6, 6.07) is 6.56. The molecule has 0 bridgehead atoms. The number of halogens is 3. The minimum atomic E-state index is -5.44. The van der Waals surface area contributed by atoms with Crippen molar-refractivity contribution in [2.24, 2.45) is 0 Å². The number of alkyl halides is 3. The van der Waals surface area contributed by atoms with E-state index < -0.39 is 25.8 Å². The summed E-state index contributed by atoms with van der Waals surface area (Å²) in [5, 5.41) is 0. The van der Waals surface area contributed by atoms with Crippen LogP contribution >= 0.6 is 0 Å². The molecule has 1 aromatic heterocycles. The molecule has 1 aliphatic heterocycles. The lowest BCUT2D eigenvalue weighted by Gasteiger charge is -2.31. The van der Waals surface area contributed by atoms with Crippen LogP contribution in [0.2, 0.25) is 0 Å². The van der Waals surface area contributed by atoms with E-state index in [1.54, 1.807) is 44.4 Å². The topological polar surface area (TPSA) is 56.3 Å². The molecule has 4 nitrogen and oxygen atoms in total. The molecule has 0 fully saturated rings. The first-order valence-electron chi connectivity index (χ1n) is 7.29. The molecule has 0 atom stereocenters. The Bertz CT molecular complexity index is 949. The number of rotatable bonds is 2. The van der Waals surface area contributed by atoms with Gasteiger partial charge in [-0.3, -0.25) is 4.98 Å². The number of hydrogen-bond donors (Lipinski definition) is 0.